The van der Waals surface area contributed by atoms with Crippen molar-refractivity contribution in [2.45, 2.75) is 37.9 Å². The van der Waals surface area contributed by atoms with E-state index in [9.17, 15) is 10.2 Å². The molecule has 0 aromatic heterocycles. The Hall–Kier alpha value is -1.45. The van der Waals surface area contributed by atoms with Gasteiger partial charge in [-0.25, -0.2) is 0 Å². The van der Waals surface area contributed by atoms with Crippen LogP contribution in [-0.2, 0) is 12.2 Å². The average molecular weight is 333 g/mol. The van der Waals surface area contributed by atoms with Crippen LogP contribution in [0, 0.1) is 11.3 Å². The van der Waals surface area contributed by atoms with Crippen molar-refractivity contribution in [3.8, 4) is 6.07 Å². The van der Waals surface area contributed by atoms with E-state index in [1.165, 1.54) is 0 Å². The van der Waals surface area contributed by atoms with E-state index in [1.54, 1.807) is 18.2 Å². The van der Waals surface area contributed by atoms with Gasteiger partial charge in [-0.05, 0) is 90.2 Å². The number of aliphatic hydroxyl groups is 2. The summed E-state index contributed by atoms with van der Waals surface area (Å²) in [5.41, 5.74) is 0.928. The van der Waals surface area contributed by atoms with E-state index in [1.807, 2.05) is 28.2 Å². The molecule has 0 aliphatic rings. The van der Waals surface area contributed by atoms with E-state index in [0.717, 1.165) is 31.5 Å². The van der Waals surface area contributed by atoms with Crippen molar-refractivity contribution < 1.29 is 10.2 Å². The summed E-state index contributed by atoms with van der Waals surface area (Å²) < 4.78 is 0. The van der Waals surface area contributed by atoms with Crippen molar-refractivity contribution in [3.05, 3.63) is 34.9 Å². The van der Waals surface area contributed by atoms with Gasteiger partial charge >= 0.3 is 0 Å². The second-order valence-electron chi connectivity index (χ2n) is 6.99. The van der Waals surface area contributed by atoms with Crippen LogP contribution in [0.5, 0.6) is 0 Å². The lowest BCUT2D eigenvalue weighted by Crippen LogP contribution is -2.30. The zero-order valence-corrected chi connectivity index (χ0v) is 15.4. The van der Waals surface area contributed by atoms with E-state index < -0.39 is 5.60 Å². The number of nitrogens with zero attached hydrogens (tertiary/aromatic N) is 3. The molecule has 0 fully saturated rings. The summed E-state index contributed by atoms with van der Waals surface area (Å²) in [4.78, 5) is 4.21. The molecule has 134 valence electrons. The Morgan fingerprint density at radius 3 is 2.00 bits per heavy atom. The first-order valence-corrected chi connectivity index (χ1v) is 8.48. The largest absolute Gasteiger partial charge is 0.392 e. The molecule has 0 saturated carbocycles. The molecule has 1 aromatic carbocycles. The van der Waals surface area contributed by atoms with Crippen molar-refractivity contribution in [1.29, 1.82) is 5.26 Å². The van der Waals surface area contributed by atoms with Crippen LogP contribution >= 0.6 is 0 Å². The third-order valence-corrected chi connectivity index (χ3v) is 4.30. The summed E-state index contributed by atoms with van der Waals surface area (Å²) in [6.45, 7) is 1.63. The molecular formula is C19H31N3O2. The van der Waals surface area contributed by atoms with Gasteiger partial charge in [0, 0.05) is 0 Å². The first kappa shape index (κ1) is 20.6. The fourth-order valence-electron chi connectivity index (χ4n) is 3.02. The van der Waals surface area contributed by atoms with Crippen molar-refractivity contribution >= 4 is 0 Å². The number of aliphatic hydroxyl groups excluding tert-OH is 1. The number of benzene rings is 1. The molecule has 0 spiro atoms. The third kappa shape index (κ3) is 6.21. The monoisotopic (exact) mass is 333 g/mol. The molecule has 5 nitrogen and oxygen atoms in total. The molecule has 1 rings (SSSR count). The number of hydrogen-bond donors (Lipinski definition) is 2. The molecule has 2 N–H and O–H groups in total. The van der Waals surface area contributed by atoms with Crippen molar-refractivity contribution in [1.82, 2.24) is 9.80 Å². The Morgan fingerprint density at radius 1 is 1.04 bits per heavy atom. The van der Waals surface area contributed by atoms with Gasteiger partial charge in [-0.15, -0.1) is 0 Å². The lowest BCUT2D eigenvalue weighted by atomic mass is 9.82. The highest BCUT2D eigenvalue weighted by atomic mass is 16.3. The maximum absolute atomic E-state index is 11.4. The molecule has 0 atom stereocenters. The van der Waals surface area contributed by atoms with E-state index >= 15 is 0 Å². The molecule has 0 saturated heterocycles. The fourth-order valence-corrected chi connectivity index (χ4v) is 3.02. The predicted molar refractivity (Wildman–Crippen MR) is 96.6 cm³/mol. The molecular weight excluding hydrogens is 302 g/mol. The van der Waals surface area contributed by atoms with Crippen LogP contribution in [0.25, 0.3) is 0 Å². The van der Waals surface area contributed by atoms with Crippen molar-refractivity contribution in [2.75, 3.05) is 41.3 Å². The fraction of sp³-hybridized carbons (Fsp3) is 0.632. The highest BCUT2D eigenvalue weighted by molar-refractivity contribution is 5.40. The second kappa shape index (κ2) is 9.75. The van der Waals surface area contributed by atoms with Gasteiger partial charge in [0.15, 0.2) is 0 Å². The number of nitriles is 1. The minimum absolute atomic E-state index is 0.172. The van der Waals surface area contributed by atoms with Crippen LogP contribution in [0.3, 0.4) is 0 Å². The van der Waals surface area contributed by atoms with Crippen LogP contribution in [0.4, 0.5) is 0 Å². The molecule has 0 radical (unpaired) electrons. The first-order chi connectivity index (χ1) is 11.3. The molecule has 0 aliphatic heterocycles. The van der Waals surface area contributed by atoms with Gasteiger partial charge in [-0.1, -0.05) is 6.07 Å². The molecule has 0 bridgehead atoms. The van der Waals surface area contributed by atoms with Crippen molar-refractivity contribution in [2.24, 2.45) is 0 Å². The van der Waals surface area contributed by atoms with Crippen LogP contribution < -0.4 is 0 Å². The Morgan fingerprint density at radius 2 is 1.58 bits per heavy atom. The molecule has 5 heteroatoms. The van der Waals surface area contributed by atoms with Gasteiger partial charge in [0.25, 0.3) is 0 Å². The van der Waals surface area contributed by atoms with Gasteiger partial charge in [-0.2, -0.15) is 5.26 Å². The maximum atomic E-state index is 11.4. The average Bonchev–Trinajstić information content (AvgIpc) is 2.53. The number of rotatable bonds is 10. The smallest absolute Gasteiger partial charge is 0.0991 e. The minimum atomic E-state index is -0.974. The molecule has 0 heterocycles. The first-order valence-electron chi connectivity index (χ1n) is 8.48. The SMILES string of the molecule is CN(C)CCCC(O)(CCCN(C)C)c1ccc(C#N)cc1CO. The van der Waals surface area contributed by atoms with Gasteiger partial charge in [0.2, 0.25) is 0 Å². The summed E-state index contributed by atoms with van der Waals surface area (Å²) in [7, 11) is 8.08. The Bertz CT molecular complexity index is 536. The Labute approximate surface area is 146 Å². The summed E-state index contributed by atoms with van der Waals surface area (Å²) in [5, 5.41) is 30.1. The van der Waals surface area contributed by atoms with Crippen LogP contribution in [-0.4, -0.2) is 61.3 Å². The van der Waals surface area contributed by atoms with E-state index in [0.29, 0.717) is 24.0 Å². The predicted octanol–water partition coefficient (Wildman–Crippen LogP) is 1.92. The molecule has 0 amide bonds. The lowest BCUT2D eigenvalue weighted by molar-refractivity contribution is 0.00974. The van der Waals surface area contributed by atoms with E-state index in [4.69, 9.17) is 5.26 Å². The van der Waals surface area contributed by atoms with Crippen LogP contribution in [0.15, 0.2) is 18.2 Å². The third-order valence-electron chi connectivity index (χ3n) is 4.30. The topological polar surface area (TPSA) is 70.7 Å². The molecule has 1 aromatic rings. The minimum Gasteiger partial charge on any atom is -0.392 e. The Kier molecular flexibility index (Phi) is 8.37. The summed E-state index contributed by atoms with van der Waals surface area (Å²) >= 11 is 0. The molecule has 24 heavy (non-hydrogen) atoms. The highest BCUT2D eigenvalue weighted by Gasteiger charge is 2.30. The molecule has 0 aliphatic carbocycles. The zero-order chi connectivity index (χ0) is 18.2. The summed E-state index contributed by atoms with van der Waals surface area (Å²) in [6.07, 6.45) is 3.02. The maximum Gasteiger partial charge on any atom is 0.0991 e. The normalized spacial score (nSPS) is 12.0. The standard InChI is InChI=1S/C19H31N3O2/c1-21(2)11-5-9-19(24,10-6-12-22(3)4)18-8-7-16(14-20)13-17(18)15-23/h7-8,13,23-24H,5-6,9-12,15H2,1-4H3. The second-order valence-corrected chi connectivity index (χ2v) is 6.99. The van der Waals surface area contributed by atoms with E-state index in [-0.39, 0.29) is 6.61 Å². The summed E-state index contributed by atoms with van der Waals surface area (Å²) in [5.74, 6) is 0. The quantitative estimate of drug-likeness (QED) is 0.684. The van der Waals surface area contributed by atoms with Crippen molar-refractivity contribution in [3.63, 3.8) is 0 Å². The van der Waals surface area contributed by atoms with Gasteiger partial charge < -0.3 is 20.0 Å². The van der Waals surface area contributed by atoms with Crippen LogP contribution in [0.2, 0.25) is 0 Å². The van der Waals surface area contributed by atoms with Gasteiger partial charge in [0.1, 0.15) is 0 Å². The highest BCUT2D eigenvalue weighted by Crippen LogP contribution is 2.34. The van der Waals surface area contributed by atoms with Gasteiger partial charge in [0.05, 0.1) is 23.8 Å². The number of hydrogen-bond acceptors (Lipinski definition) is 5. The molecule has 0 unspecified atom stereocenters. The Balaban J connectivity index is 3.04. The zero-order valence-electron chi connectivity index (χ0n) is 15.4. The lowest BCUT2D eigenvalue weighted by Gasteiger charge is -2.32. The summed E-state index contributed by atoms with van der Waals surface area (Å²) in [6, 6.07) is 7.29. The van der Waals surface area contributed by atoms with Gasteiger partial charge in [-0.3, -0.25) is 0 Å². The van der Waals surface area contributed by atoms with Crippen LogP contribution in [0.1, 0.15) is 42.4 Å². The van der Waals surface area contributed by atoms with E-state index in [2.05, 4.69) is 15.9 Å².